The van der Waals surface area contributed by atoms with Crippen LogP contribution in [0.3, 0.4) is 0 Å². The molecule has 1 atom stereocenters. The van der Waals surface area contributed by atoms with Crippen LogP contribution in [-0.2, 0) is 17.6 Å². The van der Waals surface area contributed by atoms with Gasteiger partial charge < -0.3 is 9.53 Å². The van der Waals surface area contributed by atoms with Crippen molar-refractivity contribution < 1.29 is 9.53 Å². The first-order valence-corrected chi connectivity index (χ1v) is 7.31. The van der Waals surface area contributed by atoms with Crippen molar-refractivity contribution in [1.29, 1.82) is 0 Å². The molecule has 3 nitrogen and oxygen atoms in total. The molecule has 2 heterocycles. The number of benzene rings is 1. The molecule has 0 spiro atoms. The number of carbonyl (C=O) groups excluding carboxylic acids is 1. The number of fused-ring (bicyclic) bond motifs is 1. The van der Waals surface area contributed by atoms with Gasteiger partial charge in [0.15, 0.2) is 0 Å². The number of rotatable bonds is 4. The number of ether oxygens (including phenoxy) is 1. The highest BCUT2D eigenvalue weighted by molar-refractivity contribution is 5.57. The standard InChI is InChI=1S/C16H21NO2/c18-12-15-3-1-2-8-17(15)9-6-13-4-5-16-14(11-13)7-10-19-16/h4-5,11-12,15H,1-3,6-10H2. The lowest BCUT2D eigenvalue weighted by Crippen LogP contribution is -2.41. The van der Waals surface area contributed by atoms with Crippen LogP contribution in [0, 0.1) is 0 Å². The molecule has 0 saturated carbocycles. The summed E-state index contributed by atoms with van der Waals surface area (Å²) in [6.45, 7) is 2.87. The van der Waals surface area contributed by atoms with Crippen LogP contribution in [0.15, 0.2) is 18.2 Å². The number of hydrogen-bond acceptors (Lipinski definition) is 3. The zero-order chi connectivity index (χ0) is 13.1. The molecule has 2 aliphatic rings. The summed E-state index contributed by atoms with van der Waals surface area (Å²) in [5.41, 5.74) is 2.70. The van der Waals surface area contributed by atoms with Gasteiger partial charge in [0.2, 0.25) is 0 Å². The van der Waals surface area contributed by atoms with Crippen LogP contribution in [0.5, 0.6) is 5.75 Å². The van der Waals surface area contributed by atoms with E-state index in [0.717, 1.165) is 51.0 Å². The minimum absolute atomic E-state index is 0.145. The first kappa shape index (κ1) is 12.7. The molecule has 0 radical (unpaired) electrons. The van der Waals surface area contributed by atoms with Gasteiger partial charge in [-0.3, -0.25) is 4.90 Å². The van der Waals surface area contributed by atoms with E-state index in [1.165, 1.54) is 24.0 Å². The second-order valence-electron chi connectivity index (χ2n) is 5.53. The van der Waals surface area contributed by atoms with Gasteiger partial charge in [0, 0.05) is 13.0 Å². The Balaban J connectivity index is 1.60. The van der Waals surface area contributed by atoms with Crippen LogP contribution in [0.25, 0.3) is 0 Å². The van der Waals surface area contributed by atoms with E-state index in [1.54, 1.807) is 0 Å². The minimum atomic E-state index is 0.145. The van der Waals surface area contributed by atoms with Gasteiger partial charge in [-0.15, -0.1) is 0 Å². The summed E-state index contributed by atoms with van der Waals surface area (Å²) in [5.74, 6) is 1.05. The molecule has 1 aromatic rings. The maximum absolute atomic E-state index is 11.1. The van der Waals surface area contributed by atoms with E-state index in [2.05, 4.69) is 23.1 Å². The number of carbonyl (C=O) groups is 1. The third-order valence-electron chi connectivity index (χ3n) is 4.26. The van der Waals surface area contributed by atoms with E-state index in [-0.39, 0.29) is 6.04 Å². The van der Waals surface area contributed by atoms with Crippen LogP contribution < -0.4 is 4.74 Å². The first-order chi connectivity index (χ1) is 9.36. The highest BCUT2D eigenvalue weighted by Crippen LogP contribution is 2.26. The van der Waals surface area contributed by atoms with Crippen molar-refractivity contribution in [2.24, 2.45) is 0 Å². The van der Waals surface area contributed by atoms with Gasteiger partial charge in [0.05, 0.1) is 12.6 Å². The Kier molecular flexibility index (Phi) is 3.83. The van der Waals surface area contributed by atoms with Crippen LogP contribution in [0.2, 0.25) is 0 Å². The lowest BCUT2D eigenvalue weighted by molar-refractivity contribution is -0.113. The van der Waals surface area contributed by atoms with Gasteiger partial charge in [-0.1, -0.05) is 18.6 Å². The zero-order valence-corrected chi connectivity index (χ0v) is 11.3. The Morgan fingerprint density at radius 2 is 2.32 bits per heavy atom. The monoisotopic (exact) mass is 259 g/mol. The van der Waals surface area contributed by atoms with E-state index >= 15 is 0 Å². The fourth-order valence-corrected chi connectivity index (χ4v) is 3.12. The summed E-state index contributed by atoms with van der Waals surface area (Å²) in [6.07, 6.45) is 6.62. The highest BCUT2D eigenvalue weighted by atomic mass is 16.5. The third kappa shape index (κ3) is 2.81. The van der Waals surface area contributed by atoms with Gasteiger partial charge >= 0.3 is 0 Å². The quantitative estimate of drug-likeness (QED) is 0.777. The predicted molar refractivity (Wildman–Crippen MR) is 74.6 cm³/mol. The molecule has 2 aliphatic heterocycles. The van der Waals surface area contributed by atoms with Crippen molar-refractivity contribution in [1.82, 2.24) is 4.90 Å². The lowest BCUT2D eigenvalue weighted by Gasteiger charge is -2.32. The summed E-state index contributed by atoms with van der Waals surface area (Å²) in [5, 5.41) is 0. The molecule has 1 aromatic carbocycles. The number of likely N-dealkylation sites (tertiary alicyclic amines) is 1. The molecule has 3 rings (SSSR count). The third-order valence-corrected chi connectivity index (χ3v) is 4.26. The second kappa shape index (κ2) is 5.74. The molecule has 1 fully saturated rings. The largest absolute Gasteiger partial charge is 0.493 e. The Morgan fingerprint density at radius 3 is 3.21 bits per heavy atom. The Hall–Kier alpha value is -1.35. The van der Waals surface area contributed by atoms with Gasteiger partial charge in [0.1, 0.15) is 12.0 Å². The minimum Gasteiger partial charge on any atom is -0.493 e. The van der Waals surface area contributed by atoms with Gasteiger partial charge in [-0.25, -0.2) is 0 Å². The topological polar surface area (TPSA) is 29.5 Å². The van der Waals surface area contributed by atoms with Crippen molar-refractivity contribution in [2.45, 2.75) is 38.1 Å². The van der Waals surface area contributed by atoms with Crippen molar-refractivity contribution in [2.75, 3.05) is 19.7 Å². The average molecular weight is 259 g/mol. The van der Waals surface area contributed by atoms with E-state index in [1.807, 2.05) is 0 Å². The summed E-state index contributed by atoms with van der Waals surface area (Å²) in [7, 11) is 0. The molecule has 1 unspecified atom stereocenters. The number of piperidine rings is 1. The molecule has 19 heavy (non-hydrogen) atoms. The SMILES string of the molecule is O=CC1CCCCN1CCc1ccc2c(c1)CCO2. The lowest BCUT2D eigenvalue weighted by atomic mass is 10.0. The van der Waals surface area contributed by atoms with E-state index in [0.29, 0.717) is 0 Å². The summed E-state index contributed by atoms with van der Waals surface area (Å²) in [4.78, 5) is 13.4. The highest BCUT2D eigenvalue weighted by Gasteiger charge is 2.21. The van der Waals surface area contributed by atoms with Crippen molar-refractivity contribution in [3.05, 3.63) is 29.3 Å². The first-order valence-electron chi connectivity index (χ1n) is 7.31. The molecular formula is C16H21NO2. The van der Waals surface area contributed by atoms with Crippen LogP contribution in [0.4, 0.5) is 0 Å². The normalized spacial score (nSPS) is 22.8. The van der Waals surface area contributed by atoms with Crippen molar-refractivity contribution >= 4 is 6.29 Å². The Morgan fingerprint density at radius 1 is 1.37 bits per heavy atom. The van der Waals surface area contributed by atoms with Crippen LogP contribution in [0.1, 0.15) is 30.4 Å². The molecule has 0 amide bonds. The van der Waals surface area contributed by atoms with E-state index in [9.17, 15) is 4.79 Å². The molecule has 0 N–H and O–H groups in total. The van der Waals surface area contributed by atoms with Crippen molar-refractivity contribution in [3.8, 4) is 5.75 Å². The average Bonchev–Trinajstić information content (AvgIpc) is 2.93. The predicted octanol–water partition coefficient (Wildman–Crippen LogP) is 2.22. The van der Waals surface area contributed by atoms with Crippen LogP contribution in [-0.4, -0.2) is 36.9 Å². The fraction of sp³-hybridized carbons (Fsp3) is 0.562. The van der Waals surface area contributed by atoms with E-state index < -0.39 is 0 Å². The fourth-order valence-electron chi connectivity index (χ4n) is 3.12. The number of aldehydes is 1. The molecule has 0 bridgehead atoms. The van der Waals surface area contributed by atoms with E-state index in [4.69, 9.17) is 4.74 Å². The van der Waals surface area contributed by atoms with Crippen molar-refractivity contribution in [3.63, 3.8) is 0 Å². The Bertz CT molecular complexity index is 458. The number of nitrogens with zero attached hydrogens (tertiary/aromatic N) is 1. The smallest absolute Gasteiger partial charge is 0.137 e. The summed E-state index contributed by atoms with van der Waals surface area (Å²) in [6, 6.07) is 6.66. The maximum Gasteiger partial charge on any atom is 0.137 e. The number of hydrogen-bond donors (Lipinski definition) is 0. The van der Waals surface area contributed by atoms with Gasteiger partial charge in [-0.2, -0.15) is 0 Å². The second-order valence-corrected chi connectivity index (χ2v) is 5.53. The molecular weight excluding hydrogens is 238 g/mol. The van der Waals surface area contributed by atoms with Crippen LogP contribution >= 0.6 is 0 Å². The van der Waals surface area contributed by atoms with Gasteiger partial charge in [0.25, 0.3) is 0 Å². The van der Waals surface area contributed by atoms with Gasteiger partial charge in [-0.05, 0) is 43.0 Å². The molecule has 102 valence electrons. The zero-order valence-electron chi connectivity index (χ0n) is 11.3. The maximum atomic E-state index is 11.1. The molecule has 0 aromatic heterocycles. The molecule has 1 saturated heterocycles. The Labute approximate surface area is 114 Å². The summed E-state index contributed by atoms with van der Waals surface area (Å²) >= 11 is 0. The summed E-state index contributed by atoms with van der Waals surface area (Å²) < 4.78 is 5.53. The molecule has 3 heteroatoms. The molecule has 0 aliphatic carbocycles.